The summed E-state index contributed by atoms with van der Waals surface area (Å²) in [5.41, 5.74) is -0.178. The molecule has 1 N–H and O–H groups in total. The molecule has 0 aliphatic rings. The van der Waals surface area contributed by atoms with Crippen molar-refractivity contribution in [3.05, 3.63) is 40.8 Å². The van der Waals surface area contributed by atoms with Crippen molar-refractivity contribution in [2.24, 2.45) is 0 Å². The number of carbonyl (C=O) groups is 1. The van der Waals surface area contributed by atoms with Crippen molar-refractivity contribution in [3.8, 4) is 0 Å². The summed E-state index contributed by atoms with van der Waals surface area (Å²) in [4.78, 5) is 14.3. The lowest BCUT2D eigenvalue weighted by Crippen LogP contribution is -2.00. The van der Waals surface area contributed by atoms with E-state index < -0.39 is 11.8 Å². The molecule has 2 rings (SSSR count). The monoisotopic (exact) mass is 225 g/mol. The van der Waals surface area contributed by atoms with Crippen LogP contribution in [0, 0.1) is 5.82 Å². The lowest BCUT2D eigenvalue weighted by atomic mass is 10.2. The van der Waals surface area contributed by atoms with Gasteiger partial charge in [-0.1, -0.05) is 17.7 Å². The molecule has 0 saturated carbocycles. The highest BCUT2D eigenvalue weighted by atomic mass is 35.5. The number of fused-ring (bicyclic) bond motifs is 1. The predicted molar refractivity (Wildman–Crippen MR) is 53.7 cm³/mol. The van der Waals surface area contributed by atoms with Gasteiger partial charge in [-0.3, -0.25) is 0 Å². The first-order valence-electron chi connectivity index (χ1n) is 4.07. The molecule has 1 aromatic carbocycles. The normalized spacial score (nSPS) is 10.5. The van der Waals surface area contributed by atoms with Crippen LogP contribution < -0.4 is 0 Å². The number of benzene rings is 1. The molecule has 3 nitrogen and oxygen atoms in total. The van der Waals surface area contributed by atoms with E-state index in [2.05, 4.69) is 4.98 Å². The maximum absolute atomic E-state index is 13.4. The summed E-state index contributed by atoms with van der Waals surface area (Å²) in [5, 5.41) is 9.41. The van der Waals surface area contributed by atoms with Gasteiger partial charge in [-0.15, -0.1) is 0 Å². The third kappa shape index (κ3) is 1.76. The Morgan fingerprint density at radius 1 is 1.40 bits per heavy atom. The molecule has 0 bridgehead atoms. The van der Waals surface area contributed by atoms with E-state index in [0.717, 1.165) is 6.07 Å². The summed E-state index contributed by atoms with van der Waals surface area (Å²) in [6.07, 6.45) is 0. The summed E-state index contributed by atoms with van der Waals surface area (Å²) >= 11 is 5.64. The standard InChI is InChI=1S/C10H5ClFNO2/c11-6-3-5-1-2-8(10(14)15)13-9(5)7(12)4-6/h1-4H,(H,14,15). The van der Waals surface area contributed by atoms with Crippen LogP contribution in [0.2, 0.25) is 5.02 Å². The van der Waals surface area contributed by atoms with Gasteiger partial charge in [-0.25, -0.2) is 14.2 Å². The minimum atomic E-state index is -1.19. The van der Waals surface area contributed by atoms with E-state index in [1.807, 2.05) is 0 Å². The third-order valence-electron chi connectivity index (χ3n) is 1.93. The number of carboxylic acid groups (broad SMARTS) is 1. The van der Waals surface area contributed by atoms with Crippen LogP contribution >= 0.6 is 11.6 Å². The number of halogens is 2. The van der Waals surface area contributed by atoms with Crippen molar-refractivity contribution >= 4 is 28.5 Å². The molecule has 0 radical (unpaired) electrons. The number of rotatable bonds is 1. The van der Waals surface area contributed by atoms with E-state index in [0.29, 0.717) is 5.39 Å². The molecular formula is C10H5ClFNO2. The van der Waals surface area contributed by atoms with Crippen molar-refractivity contribution in [2.45, 2.75) is 0 Å². The first-order chi connectivity index (χ1) is 7.08. The van der Waals surface area contributed by atoms with Crippen LogP contribution in [0.3, 0.4) is 0 Å². The lowest BCUT2D eigenvalue weighted by Gasteiger charge is -2.01. The van der Waals surface area contributed by atoms with Crippen LogP contribution in [-0.2, 0) is 0 Å². The molecule has 0 saturated heterocycles. The topological polar surface area (TPSA) is 50.2 Å². The fraction of sp³-hybridized carbons (Fsp3) is 0. The SMILES string of the molecule is O=C(O)c1ccc2cc(Cl)cc(F)c2n1. The number of carboxylic acids is 1. The summed E-state index contributed by atoms with van der Waals surface area (Å²) in [7, 11) is 0. The van der Waals surface area contributed by atoms with Crippen LogP contribution in [0.15, 0.2) is 24.3 Å². The molecule has 15 heavy (non-hydrogen) atoms. The molecule has 1 heterocycles. The Kier molecular flexibility index (Phi) is 2.28. The van der Waals surface area contributed by atoms with Crippen molar-refractivity contribution in [1.29, 1.82) is 0 Å². The quantitative estimate of drug-likeness (QED) is 0.812. The lowest BCUT2D eigenvalue weighted by molar-refractivity contribution is 0.0691. The molecule has 0 amide bonds. The van der Waals surface area contributed by atoms with E-state index in [9.17, 15) is 9.18 Å². The molecule has 0 fully saturated rings. The average Bonchev–Trinajstić information content (AvgIpc) is 2.16. The van der Waals surface area contributed by atoms with Crippen molar-refractivity contribution in [2.75, 3.05) is 0 Å². The van der Waals surface area contributed by atoms with E-state index >= 15 is 0 Å². The summed E-state index contributed by atoms with van der Waals surface area (Å²) in [5.74, 6) is -1.81. The molecule has 0 spiro atoms. The van der Waals surface area contributed by atoms with Gasteiger partial charge in [0.05, 0.1) is 0 Å². The smallest absolute Gasteiger partial charge is 0.354 e. The Balaban J connectivity index is 2.76. The number of pyridine rings is 1. The molecule has 2 aromatic rings. The van der Waals surface area contributed by atoms with Crippen LogP contribution in [0.5, 0.6) is 0 Å². The van der Waals surface area contributed by atoms with E-state index in [1.54, 1.807) is 0 Å². The maximum Gasteiger partial charge on any atom is 0.354 e. The third-order valence-corrected chi connectivity index (χ3v) is 2.15. The second-order valence-electron chi connectivity index (χ2n) is 2.96. The fourth-order valence-corrected chi connectivity index (χ4v) is 1.49. The Labute approximate surface area is 89.1 Å². The number of hydrogen-bond acceptors (Lipinski definition) is 2. The number of aromatic nitrogens is 1. The van der Waals surface area contributed by atoms with Crippen molar-refractivity contribution < 1.29 is 14.3 Å². The van der Waals surface area contributed by atoms with Gasteiger partial charge in [0.25, 0.3) is 0 Å². The predicted octanol–water partition coefficient (Wildman–Crippen LogP) is 2.73. The fourth-order valence-electron chi connectivity index (χ4n) is 1.28. The minimum Gasteiger partial charge on any atom is -0.477 e. The summed E-state index contributed by atoms with van der Waals surface area (Å²) in [6, 6.07) is 5.41. The van der Waals surface area contributed by atoms with Gasteiger partial charge in [0, 0.05) is 10.4 Å². The van der Waals surface area contributed by atoms with Crippen LogP contribution in [0.1, 0.15) is 10.5 Å². The highest BCUT2D eigenvalue weighted by molar-refractivity contribution is 6.31. The van der Waals surface area contributed by atoms with Gasteiger partial charge >= 0.3 is 5.97 Å². The molecular weight excluding hydrogens is 221 g/mol. The Hall–Kier alpha value is -1.68. The van der Waals surface area contributed by atoms with Crippen molar-refractivity contribution in [3.63, 3.8) is 0 Å². The van der Waals surface area contributed by atoms with E-state index in [4.69, 9.17) is 16.7 Å². The first kappa shape index (κ1) is 9.86. The molecule has 1 aromatic heterocycles. The maximum atomic E-state index is 13.4. The van der Waals surface area contributed by atoms with Crippen LogP contribution in [0.4, 0.5) is 4.39 Å². The molecule has 0 unspecified atom stereocenters. The Bertz CT molecular complexity index is 556. The summed E-state index contributed by atoms with van der Waals surface area (Å²) < 4.78 is 13.4. The number of hydrogen-bond donors (Lipinski definition) is 1. The minimum absolute atomic E-state index is 0.0132. The van der Waals surface area contributed by atoms with Crippen molar-refractivity contribution in [1.82, 2.24) is 4.98 Å². The zero-order valence-corrected chi connectivity index (χ0v) is 8.12. The molecule has 5 heteroatoms. The molecule has 0 aliphatic heterocycles. The summed E-state index contributed by atoms with van der Waals surface area (Å²) in [6.45, 7) is 0. The number of aromatic carboxylic acids is 1. The van der Waals surface area contributed by atoms with Gasteiger partial charge in [0.2, 0.25) is 0 Å². The highest BCUT2D eigenvalue weighted by Gasteiger charge is 2.09. The molecule has 0 atom stereocenters. The van der Waals surface area contributed by atoms with Crippen LogP contribution in [-0.4, -0.2) is 16.1 Å². The van der Waals surface area contributed by atoms with E-state index in [-0.39, 0.29) is 16.2 Å². The first-order valence-corrected chi connectivity index (χ1v) is 4.45. The Morgan fingerprint density at radius 2 is 2.13 bits per heavy atom. The molecule has 0 aliphatic carbocycles. The second kappa shape index (κ2) is 3.47. The average molecular weight is 226 g/mol. The van der Waals surface area contributed by atoms with Gasteiger partial charge in [-0.05, 0) is 18.2 Å². The number of nitrogens with zero attached hydrogens (tertiary/aromatic N) is 1. The van der Waals surface area contributed by atoms with Gasteiger partial charge in [0.1, 0.15) is 11.2 Å². The van der Waals surface area contributed by atoms with E-state index in [1.165, 1.54) is 18.2 Å². The highest BCUT2D eigenvalue weighted by Crippen LogP contribution is 2.21. The van der Waals surface area contributed by atoms with Gasteiger partial charge < -0.3 is 5.11 Å². The molecule has 76 valence electrons. The Morgan fingerprint density at radius 3 is 2.80 bits per heavy atom. The van der Waals surface area contributed by atoms with Crippen LogP contribution in [0.25, 0.3) is 10.9 Å². The van der Waals surface area contributed by atoms with Gasteiger partial charge in [-0.2, -0.15) is 0 Å². The second-order valence-corrected chi connectivity index (χ2v) is 3.40. The zero-order valence-electron chi connectivity index (χ0n) is 7.37. The van der Waals surface area contributed by atoms with Gasteiger partial charge in [0.15, 0.2) is 5.82 Å². The largest absolute Gasteiger partial charge is 0.477 e. The zero-order chi connectivity index (χ0) is 11.0.